The van der Waals surface area contributed by atoms with Crippen LogP contribution in [0.3, 0.4) is 0 Å². The Kier molecular flexibility index (Phi) is 17.7. The van der Waals surface area contributed by atoms with Gasteiger partial charge in [-0.2, -0.15) is 0 Å². The second kappa shape index (κ2) is 18.2. The van der Waals surface area contributed by atoms with Crippen molar-refractivity contribution in [2.75, 3.05) is 0 Å². The van der Waals surface area contributed by atoms with Crippen molar-refractivity contribution in [3.05, 3.63) is 12.7 Å². The molecule has 0 rings (SSSR count). The highest BCUT2D eigenvalue weighted by molar-refractivity contribution is 5.92. The molecule has 0 aromatic rings. The summed E-state index contributed by atoms with van der Waals surface area (Å²) >= 11 is 0. The van der Waals surface area contributed by atoms with Crippen LogP contribution in [0.2, 0.25) is 0 Å². The summed E-state index contributed by atoms with van der Waals surface area (Å²) in [5.41, 5.74) is 0. The molecule has 25 heavy (non-hydrogen) atoms. The predicted octanol–water partition coefficient (Wildman–Crippen LogP) is 7.00. The normalized spacial score (nSPS) is 13.6. The lowest BCUT2D eigenvalue weighted by Crippen LogP contribution is -2.22. The minimum absolute atomic E-state index is 0.226. The lowest BCUT2D eigenvalue weighted by atomic mass is 9.89. The number of carbonyl (C=O) groups is 1. The van der Waals surface area contributed by atoms with Gasteiger partial charge in [0.2, 0.25) is 0 Å². The van der Waals surface area contributed by atoms with Crippen LogP contribution in [0.25, 0.3) is 0 Å². The molecule has 2 atom stereocenters. The monoisotopic (exact) mass is 352 g/mol. The number of carbonyl (C=O) groups excluding carboxylic acids is 1. The van der Waals surface area contributed by atoms with E-state index in [1.807, 2.05) is 0 Å². The lowest BCUT2D eigenvalue weighted by molar-refractivity contribution is -0.123. The highest BCUT2D eigenvalue weighted by Gasteiger charge is 2.17. The lowest BCUT2D eigenvalue weighted by Gasteiger charge is -2.18. The minimum atomic E-state index is -0.841. The van der Waals surface area contributed by atoms with Crippen LogP contribution in [0.5, 0.6) is 0 Å². The van der Waals surface area contributed by atoms with Crippen LogP contribution in [0.1, 0.15) is 117 Å². The van der Waals surface area contributed by atoms with Gasteiger partial charge in [0.15, 0.2) is 5.78 Å². The average Bonchev–Trinajstić information content (AvgIpc) is 2.61. The standard InChI is InChI=1S/C23H44O2/c1-4-7-8-9-10-11-12-13-14-15-16-17-19-21(18-5-2)20-23(25)22(24)6-3/h6,21,23,25H,3-5,7-20H2,1-2H3. The molecule has 0 amide bonds. The summed E-state index contributed by atoms with van der Waals surface area (Å²) in [6, 6.07) is 0. The molecule has 2 nitrogen and oxygen atoms in total. The number of ketones is 1. The van der Waals surface area contributed by atoms with E-state index in [4.69, 9.17) is 0 Å². The summed E-state index contributed by atoms with van der Waals surface area (Å²) in [4.78, 5) is 11.5. The zero-order valence-corrected chi connectivity index (χ0v) is 17.1. The average molecular weight is 353 g/mol. The largest absolute Gasteiger partial charge is 0.385 e. The molecular weight excluding hydrogens is 308 g/mol. The van der Waals surface area contributed by atoms with E-state index in [1.165, 1.54) is 83.1 Å². The Bertz CT molecular complexity index is 311. The molecule has 2 unspecified atom stereocenters. The molecule has 0 saturated carbocycles. The Morgan fingerprint density at radius 2 is 1.28 bits per heavy atom. The molecule has 0 heterocycles. The second-order valence-corrected chi connectivity index (χ2v) is 7.69. The first-order chi connectivity index (χ1) is 12.2. The van der Waals surface area contributed by atoms with Crippen molar-refractivity contribution in [2.24, 2.45) is 5.92 Å². The van der Waals surface area contributed by atoms with Gasteiger partial charge in [-0.1, -0.05) is 117 Å². The quantitative estimate of drug-likeness (QED) is 0.201. The van der Waals surface area contributed by atoms with Gasteiger partial charge in [0.05, 0.1) is 0 Å². The molecule has 0 bridgehead atoms. The van der Waals surface area contributed by atoms with Crippen LogP contribution < -0.4 is 0 Å². The fourth-order valence-corrected chi connectivity index (χ4v) is 3.63. The minimum Gasteiger partial charge on any atom is -0.385 e. The molecule has 0 radical (unpaired) electrons. The van der Waals surface area contributed by atoms with Crippen LogP contribution in [0, 0.1) is 5.92 Å². The van der Waals surface area contributed by atoms with Crippen molar-refractivity contribution in [1.29, 1.82) is 0 Å². The maximum atomic E-state index is 11.5. The third kappa shape index (κ3) is 15.3. The smallest absolute Gasteiger partial charge is 0.183 e. The number of aliphatic hydroxyl groups excluding tert-OH is 1. The molecule has 0 aromatic carbocycles. The Labute approximate surface area is 157 Å². The first-order valence-electron chi connectivity index (χ1n) is 11.0. The Balaban J connectivity index is 3.56. The van der Waals surface area contributed by atoms with Gasteiger partial charge in [-0.3, -0.25) is 4.79 Å². The molecule has 0 aliphatic carbocycles. The van der Waals surface area contributed by atoms with Gasteiger partial charge < -0.3 is 5.11 Å². The summed E-state index contributed by atoms with van der Waals surface area (Å²) in [5.74, 6) is 0.253. The SMILES string of the molecule is C=CC(=O)C(O)CC(CCC)CCCCCCCCCCCCCC. The molecule has 148 valence electrons. The molecule has 1 N–H and O–H groups in total. The zero-order chi connectivity index (χ0) is 18.8. The number of unbranched alkanes of at least 4 members (excludes halogenated alkanes) is 11. The Hall–Kier alpha value is -0.630. The van der Waals surface area contributed by atoms with E-state index in [0.717, 1.165) is 19.3 Å². The number of rotatable bonds is 19. The molecule has 0 aliphatic heterocycles. The van der Waals surface area contributed by atoms with Crippen LogP contribution in [-0.4, -0.2) is 17.0 Å². The first-order valence-corrected chi connectivity index (χ1v) is 11.0. The third-order valence-corrected chi connectivity index (χ3v) is 5.25. The predicted molar refractivity (Wildman–Crippen MR) is 110 cm³/mol. The molecule has 0 aromatic heterocycles. The highest BCUT2D eigenvalue weighted by atomic mass is 16.3. The first kappa shape index (κ1) is 24.4. The van der Waals surface area contributed by atoms with Gasteiger partial charge in [-0.15, -0.1) is 0 Å². The van der Waals surface area contributed by atoms with Gasteiger partial charge in [-0.05, 0) is 18.4 Å². The zero-order valence-electron chi connectivity index (χ0n) is 17.1. The number of hydrogen-bond donors (Lipinski definition) is 1. The van der Waals surface area contributed by atoms with E-state index in [2.05, 4.69) is 20.4 Å². The van der Waals surface area contributed by atoms with Crippen molar-refractivity contribution >= 4 is 5.78 Å². The highest BCUT2D eigenvalue weighted by Crippen LogP contribution is 2.22. The summed E-state index contributed by atoms with van der Waals surface area (Å²) in [6.07, 6.45) is 20.8. The van der Waals surface area contributed by atoms with E-state index in [0.29, 0.717) is 12.3 Å². The van der Waals surface area contributed by atoms with Crippen LogP contribution in [0.4, 0.5) is 0 Å². The fourth-order valence-electron chi connectivity index (χ4n) is 3.63. The van der Waals surface area contributed by atoms with Gasteiger partial charge in [-0.25, -0.2) is 0 Å². The molecule has 0 saturated heterocycles. The maximum Gasteiger partial charge on any atom is 0.183 e. The van der Waals surface area contributed by atoms with Crippen molar-refractivity contribution in [1.82, 2.24) is 0 Å². The van der Waals surface area contributed by atoms with E-state index in [1.54, 1.807) is 0 Å². The summed E-state index contributed by atoms with van der Waals surface area (Å²) in [7, 11) is 0. The van der Waals surface area contributed by atoms with Gasteiger partial charge in [0, 0.05) is 0 Å². The molecule has 0 fully saturated rings. The Morgan fingerprint density at radius 3 is 1.72 bits per heavy atom. The topological polar surface area (TPSA) is 37.3 Å². The van der Waals surface area contributed by atoms with Crippen molar-refractivity contribution < 1.29 is 9.90 Å². The van der Waals surface area contributed by atoms with E-state index < -0.39 is 6.10 Å². The maximum absolute atomic E-state index is 11.5. The van der Waals surface area contributed by atoms with Gasteiger partial charge >= 0.3 is 0 Å². The van der Waals surface area contributed by atoms with E-state index in [9.17, 15) is 9.90 Å². The van der Waals surface area contributed by atoms with Crippen LogP contribution >= 0.6 is 0 Å². The molecule has 0 aliphatic rings. The molecule has 2 heteroatoms. The number of aliphatic hydroxyl groups is 1. The number of hydrogen-bond acceptors (Lipinski definition) is 2. The van der Waals surface area contributed by atoms with E-state index in [-0.39, 0.29) is 5.78 Å². The van der Waals surface area contributed by atoms with Crippen LogP contribution in [0.15, 0.2) is 12.7 Å². The van der Waals surface area contributed by atoms with Crippen molar-refractivity contribution in [2.45, 2.75) is 123 Å². The Morgan fingerprint density at radius 1 is 0.800 bits per heavy atom. The van der Waals surface area contributed by atoms with Gasteiger partial charge in [0.1, 0.15) is 6.10 Å². The summed E-state index contributed by atoms with van der Waals surface area (Å²) in [5, 5.41) is 9.89. The summed E-state index contributed by atoms with van der Waals surface area (Å²) in [6.45, 7) is 7.91. The molecule has 0 spiro atoms. The van der Waals surface area contributed by atoms with Crippen molar-refractivity contribution in [3.63, 3.8) is 0 Å². The van der Waals surface area contributed by atoms with Crippen LogP contribution in [-0.2, 0) is 4.79 Å². The van der Waals surface area contributed by atoms with Crippen molar-refractivity contribution in [3.8, 4) is 0 Å². The van der Waals surface area contributed by atoms with E-state index >= 15 is 0 Å². The third-order valence-electron chi connectivity index (χ3n) is 5.25. The van der Waals surface area contributed by atoms with Gasteiger partial charge in [0.25, 0.3) is 0 Å². The summed E-state index contributed by atoms with van der Waals surface area (Å²) < 4.78 is 0. The second-order valence-electron chi connectivity index (χ2n) is 7.69. The fraction of sp³-hybridized carbons (Fsp3) is 0.870. The molecular formula is C23H44O2.